The second-order valence-corrected chi connectivity index (χ2v) is 7.16. The first-order valence-corrected chi connectivity index (χ1v) is 8.06. The second-order valence-electron chi connectivity index (χ2n) is 7.16. The van der Waals surface area contributed by atoms with Gasteiger partial charge >= 0.3 is 0 Å². The highest BCUT2D eigenvalue weighted by molar-refractivity contribution is 5.32. The van der Waals surface area contributed by atoms with Crippen LogP contribution in [-0.4, -0.2) is 18.2 Å². The molecule has 1 heterocycles. The molecule has 1 aliphatic carbocycles. The van der Waals surface area contributed by atoms with Crippen LogP contribution < -0.4 is 5.32 Å². The van der Waals surface area contributed by atoms with E-state index < -0.39 is 0 Å². The Hall–Kier alpha value is -0.860. The molecule has 3 atom stereocenters. The minimum atomic E-state index is -0.0349. The van der Waals surface area contributed by atoms with E-state index in [1.165, 1.54) is 30.4 Å². The first kappa shape index (κ1) is 14.1. The average molecular weight is 273 g/mol. The summed E-state index contributed by atoms with van der Waals surface area (Å²) in [4.78, 5) is 0. The summed E-state index contributed by atoms with van der Waals surface area (Å²) in [7, 11) is 0. The maximum absolute atomic E-state index is 6.63. The third-order valence-corrected chi connectivity index (χ3v) is 4.68. The Bertz CT molecular complexity index is 470. The summed E-state index contributed by atoms with van der Waals surface area (Å²) in [6.07, 6.45) is 5.01. The molecule has 1 aliphatic heterocycles. The number of benzene rings is 1. The monoisotopic (exact) mass is 273 g/mol. The van der Waals surface area contributed by atoms with Crippen LogP contribution in [0.3, 0.4) is 0 Å². The lowest BCUT2D eigenvalue weighted by Crippen LogP contribution is -2.54. The summed E-state index contributed by atoms with van der Waals surface area (Å²) in [6.45, 7) is 7.81. The van der Waals surface area contributed by atoms with Crippen LogP contribution in [0, 0.1) is 5.92 Å². The van der Waals surface area contributed by atoms with Gasteiger partial charge in [-0.05, 0) is 49.7 Å². The maximum Gasteiger partial charge on any atom is 0.0988 e. The number of rotatable bonds is 2. The van der Waals surface area contributed by atoms with E-state index >= 15 is 0 Å². The van der Waals surface area contributed by atoms with E-state index in [1.54, 1.807) is 0 Å². The number of hydrogen-bond donors (Lipinski definition) is 1. The number of ether oxygens (including phenoxy) is 1. The predicted octanol–water partition coefficient (Wildman–Crippen LogP) is 3.86. The van der Waals surface area contributed by atoms with Gasteiger partial charge in [-0.2, -0.15) is 0 Å². The third kappa shape index (κ3) is 2.77. The van der Waals surface area contributed by atoms with E-state index in [4.69, 9.17) is 4.74 Å². The fraction of sp³-hybridized carbons (Fsp3) is 0.667. The van der Waals surface area contributed by atoms with Gasteiger partial charge in [-0.3, -0.25) is 0 Å². The largest absolute Gasteiger partial charge is 0.364 e. The minimum Gasteiger partial charge on any atom is -0.364 e. The highest BCUT2D eigenvalue weighted by atomic mass is 16.5. The fourth-order valence-electron chi connectivity index (χ4n) is 3.95. The molecular weight excluding hydrogens is 246 g/mol. The SMILES string of the molecule is CC(C)CC1(C)CNC2CCCc3ccccc3C2O1. The van der Waals surface area contributed by atoms with Crippen LogP contribution >= 0.6 is 0 Å². The van der Waals surface area contributed by atoms with Gasteiger partial charge in [-0.15, -0.1) is 0 Å². The number of morpholine rings is 1. The Morgan fingerprint density at radius 3 is 2.95 bits per heavy atom. The Kier molecular flexibility index (Phi) is 3.87. The summed E-state index contributed by atoms with van der Waals surface area (Å²) >= 11 is 0. The molecule has 0 aromatic heterocycles. The van der Waals surface area contributed by atoms with E-state index in [9.17, 15) is 0 Å². The molecule has 110 valence electrons. The van der Waals surface area contributed by atoms with E-state index in [0.717, 1.165) is 13.0 Å². The zero-order valence-electron chi connectivity index (χ0n) is 13.0. The molecule has 0 bridgehead atoms. The van der Waals surface area contributed by atoms with Crippen molar-refractivity contribution in [1.82, 2.24) is 5.32 Å². The van der Waals surface area contributed by atoms with Crippen molar-refractivity contribution in [3.63, 3.8) is 0 Å². The zero-order chi connectivity index (χ0) is 14.2. The standard InChI is InChI=1S/C18H27NO/c1-13(2)11-18(3)12-19-16-10-6-8-14-7-4-5-9-15(14)17(16)20-18/h4-5,7,9,13,16-17,19H,6,8,10-12H2,1-3H3. The van der Waals surface area contributed by atoms with E-state index in [0.29, 0.717) is 12.0 Å². The molecule has 0 spiro atoms. The molecule has 2 heteroatoms. The zero-order valence-corrected chi connectivity index (χ0v) is 13.0. The molecule has 1 N–H and O–H groups in total. The number of nitrogens with one attached hydrogen (secondary N) is 1. The molecule has 2 nitrogen and oxygen atoms in total. The lowest BCUT2D eigenvalue weighted by atomic mass is 9.88. The van der Waals surface area contributed by atoms with Gasteiger partial charge in [-0.1, -0.05) is 38.1 Å². The van der Waals surface area contributed by atoms with Crippen LogP contribution in [0.15, 0.2) is 24.3 Å². The molecule has 3 unspecified atom stereocenters. The van der Waals surface area contributed by atoms with Crippen molar-refractivity contribution in [2.24, 2.45) is 5.92 Å². The second kappa shape index (κ2) is 5.50. The average Bonchev–Trinajstić information content (AvgIpc) is 2.57. The number of hydrogen-bond acceptors (Lipinski definition) is 2. The lowest BCUT2D eigenvalue weighted by molar-refractivity contribution is -0.137. The molecular formula is C18H27NO. The summed E-state index contributed by atoms with van der Waals surface area (Å²) < 4.78 is 6.63. The van der Waals surface area contributed by atoms with Crippen LogP contribution in [0.1, 0.15) is 57.3 Å². The first-order chi connectivity index (χ1) is 9.57. The minimum absolute atomic E-state index is 0.0349. The molecule has 1 aromatic carbocycles. The van der Waals surface area contributed by atoms with E-state index in [-0.39, 0.29) is 11.7 Å². The Balaban J connectivity index is 1.89. The molecule has 20 heavy (non-hydrogen) atoms. The molecule has 3 rings (SSSR count). The molecule has 2 aliphatic rings. The molecule has 1 aromatic rings. The highest BCUT2D eigenvalue weighted by Crippen LogP contribution is 2.39. The van der Waals surface area contributed by atoms with Gasteiger partial charge < -0.3 is 10.1 Å². The van der Waals surface area contributed by atoms with Crippen molar-refractivity contribution in [3.8, 4) is 0 Å². The first-order valence-electron chi connectivity index (χ1n) is 8.06. The Morgan fingerprint density at radius 2 is 2.15 bits per heavy atom. The maximum atomic E-state index is 6.63. The van der Waals surface area contributed by atoms with Crippen molar-refractivity contribution >= 4 is 0 Å². The highest BCUT2D eigenvalue weighted by Gasteiger charge is 2.40. The predicted molar refractivity (Wildman–Crippen MR) is 82.9 cm³/mol. The summed E-state index contributed by atoms with van der Waals surface area (Å²) in [6, 6.07) is 9.33. The summed E-state index contributed by atoms with van der Waals surface area (Å²) in [5, 5.41) is 3.77. The van der Waals surface area contributed by atoms with E-state index in [2.05, 4.69) is 50.4 Å². The summed E-state index contributed by atoms with van der Waals surface area (Å²) in [5.74, 6) is 0.666. The summed E-state index contributed by atoms with van der Waals surface area (Å²) in [5.41, 5.74) is 2.86. The van der Waals surface area contributed by atoms with Gasteiger partial charge in [0.05, 0.1) is 11.7 Å². The van der Waals surface area contributed by atoms with Crippen molar-refractivity contribution < 1.29 is 4.74 Å². The Labute approximate surface area is 122 Å². The molecule has 1 fully saturated rings. The molecule has 0 radical (unpaired) electrons. The van der Waals surface area contributed by atoms with Crippen LogP contribution in [-0.2, 0) is 11.2 Å². The van der Waals surface area contributed by atoms with Crippen LogP contribution in [0.25, 0.3) is 0 Å². The third-order valence-electron chi connectivity index (χ3n) is 4.68. The van der Waals surface area contributed by atoms with Crippen molar-refractivity contribution in [3.05, 3.63) is 35.4 Å². The van der Waals surface area contributed by atoms with Crippen LogP contribution in [0.4, 0.5) is 0 Å². The van der Waals surface area contributed by atoms with Gasteiger partial charge in [0.2, 0.25) is 0 Å². The molecule has 0 saturated carbocycles. The van der Waals surface area contributed by atoms with Crippen molar-refractivity contribution in [1.29, 1.82) is 0 Å². The normalized spacial score (nSPS) is 33.4. The quantitative estimate of drug-likeness (QED) is 0.883. The van der Waals surface area contributed by atoms with Crippen molar-refractivity contribution in [2.45, 2.75) is 64.2 Å². The smallest absolute Gasteiger partial charge is 0.0988 e. The van der Waals surface area contributed by atoms with E-state index in [1.807, 2.05) is 0 Å². The van der Waals surface area contributed by atoms with Gasteiger partial charge in [0.25, 0.3) is 0 Å². The topological polar surface area (TPSA) is 21.3 Å². The van der Waals surface area contributed by atoms with Gasteiger partial charge in [-0.25, -0.2) is 0 Å². The molecule has 1 saturated heterocycles. The fourth-order valence-corrected chi connectivity index (χ4v) is 3.95. The Morgan fingerprint density at radius 1 is 1.35 bits per heavy atom. The van der Waals surface area contributed by atoms with Crippen molar-refractivity contribution in [2.75, 3.05) is 6.54 Å². The number of fused-ring (bicyclic) bond motifs is 3. The van der Waals surface area contributed by atoms with Gasteiger partial charge in [0, 0.05) is 12.6 Å². The lowest BCUT2D eigenvalue weighted by Gasteiger charge is -2.44. The van der Waals surface area contributed by atoms with Gasteiger partial charge in [0.1, 0.15) is 0 Å². The molecule has 0 amide bonds. The number of aryl methyl sites for hydroxylation is 1. The van der Waals surface area contributed by atoms with Crippen LogP contribution in [0.2, 0.25) is 0 Å². The van der Waals surface area contributed by atoms with Gasteiger partial charge in [0.15, 0.2) is 0 Å². The van der Waals surface area contributed by atoms with Crippen LogP contribution in [0.5, 0.6) is 0 Å².